The first-order valence-corrected chi connectivity index (χ1v) is 12.2. The lowest BCUT2D eigenvalue weighted by Gasteiger charge is -2.18. The third-order valence-electron chi connectivity index (χ3n) is 5.38. The summed E-state index contributed by atoms with van der Waals surface area (Å²) in [7, 11) is -3.48. The number of ether oxygens (including phenoxy) is 1. The number of nitrogens with zero attached hydrogens (tertiary/aromatic N) is 2. The summed E-state index contributed by atoms with van der Waals surface area (Å²) in [6, 6.07) is 14.1. The highest BCUT2D eigenvalue weighted by Crippen LogP contribution is 2.20. The number of hydrogen-bond donors (Lipinski definition) is 1. The van der Waals surface area contributed by atoms with Gasteiger partial charge in [0.15, 0.2) is 0 Å². The summed E-state index contributed by atoms with van der Waals surface area (Å²) >= 11 is 0. The Kier molecular flexibility index (Phi) is 7.87. The highest BCUT2D eigenvalue weighted by atomic mass is 32.2. The SMILES string of the molecule is CCN(CC)S(=O)(=O)c1ccc(CCC(=O)NCc2cccc(N3CCOC3=O)c2)cc1. The molecule has 0 unspecified atom stereocenters. The third kappa shape index (κ3) is 5.66. The second kappa shape index (κ2) is 10.6. The molecular formula is C23H29N3O5S. The van der Waals surface area contributed by atoms with Crippen molar-refractivity contribution in [3.63, 3.8) is 0 Å². The minimum absolute atomic E-state index is 0.101. The lowest BCUT2D eigenvalue weighted by Crippen LogP contribution is -2.30. The molecule has 2 aromatic carbocycles. The van der Waals surface area contributed by atoms with Gasteiger partial charge in [-0.05, 0) is 41.8 Å². The van der Waals surface area contributed by atoms with E-state index in [-0.39, 0.29) is 16.9 Å². The van der Waals surface area contributed by atoms with Crippen molar-refractivity contribution < 1.29 is 22.7 Å². The minimum Gasteiger partial charge on any atom is -0.447 e. The predicted molar refractivity (Wildman–Crippen MR) is 122 cm³/mol. The van der Waals surface area contributed by atoms with Gasteiger partial charge in [0, 0.05) is 31.7 Å². The Bertz CT molecular complexity index is 1050. The lowest BCUT2D eigenvalue weighted by atomic mass is 10.1. The number of amides is 2. The Morgan fingerprint density at radius 2 is 1.81 bits per heavy atom. The smallest absolute Gasteiger partial charge is 0.414 e. The molecule has 0 bridgehead atoms. The number of benzene rings is 2. The molecule has 1 fully saturated rings. The zero-order chi connectivity index (χ0) is 23.1. The Balaban J connectivity index is 1.51. The lowest BCUT2D eigenvalue weighted by molar-refractivity contribution is -0.121. The van der Waals surface area contributed by atoms with Gasteiger partial charge in [0.1, 0.15) is 6.61 Å². The normalized spacial score (nSPS) is 14.0. The molecule has 2 aromatic rings. The Morgan fingerprint density at radius 1 is 1.09 bits per heavy atom. The van der Waals surface area contributed by atoms with Crippen LogP contribution in [0.25, 0.3) is 0 Å². The zero-order valence-corrected chi connectivity index (χ0v) is 19.2. The molecule has 1 N–H and O–H groups in total. The summed E-state index contributed by atoms with van der Waals surface area (Å²) in [6.45, 7) is 5.72. The molecule has 1 saturated heterocycles. The first kappa shape index (κ1) is 23.7. The number of sulfonamides is 1. The van der Waals surface area contributed by atoms with E-state index >= 15 is 0 Å². The van der Waals surface area contributed by atoms with Crippen LogP contribution in [0.4, 0.5) is 10.5 Å². The fourth-order valence-corrected chi connectivity index (χ4v) is 5.01. The van der Waals surface area contributed by atoms with Crippen molar-refractivity contribution in [2.24, 2.45) is 0 Å². The summed E-state index contributed by atoms with van der Waals surface area (Å²) in [5.74, 6) is -0.101. The number of cyclic esters (lactones) is 1. The quantitative estimate of drug-likeness (QED) is 0.589. The molecule has 0 atom stereocenters. The molecule has 8 nitrogen and oxygen atoms in total. The largest absolute Gasteiger partial charge is 0.447 e. The maximum absolute atomic E-state index is 12.6. The van der Waals surface area contributed by atoms with Crippen LogP contribution in [0.15, 0.2) is 53.4 Å². The standard InChI is InChI=1S/C23H29N3O5S/c1-3-25(4-2)32(29,30)21-11-8-18(9-12-21)10-13-22(27)24-17-19-6-5-7-20(16-19)26-14-15-31-23(26)28/h5-9,11-12,16H,3-4,10,13-15,17H2,1-2H3,(H,24,27). The number of carbonyl (C=O) groups excluding carboxylic acids is 2. The van der Waals surface area contributed by atoms with Crippen LogP contribution < -0.4 is 10.2 Å². The number of rotatable bonds is 10. The van der Waals surface area contributed by atoms with Crippen LogP contribution in [0.2, 0.25) is 0 Å². The number of aryl methyl sites for hydroxylation is 1. The minimum atomic E-state index is -3.48. The average Bonchev–Trinajstić information content (AvgIpc) is 3.23. The van der Waals surface area contributed by atoms with Crippen molar-refractivity contribution in [2.75, 3.05) is 31.1 Å². The summed E-state index contributed by atoms with van der Waals surface area (Å²) in [4.78, 5) is 25.8. The van der Waals surface area contributed by atoms with Crippen LogP contribution in [-0.2, 0) is 32.5 Å². The van der Waals surface area contributed by atoms with E-state index in [0.717, 1.165) is 16.8 Å². The Hall–Kier alpha value is -2.91. The fraction of sp³-hybridized carbons (Fsp3) is 0.391. The van der Waals surface area contributed by atoms with E-state index in [1.165, 1.54) is 4.31 Å². The van der Waals surface area contributed by atoms with E-state index in [0.29, 0.717) is 45.6 Å². The molecule has 0 saturated carbocycles. The zero-order valence-electron chi connectivity index (χ0n) is 18.4. The van der Waals surface area contributed by atoms with Gasteiger partial charge in [-0.2, -0.15) is 4.31 Å². The van der Waals surface area contributed by atoms with Gasteiger partial charge >= 0.3 is 6.09 Å². The van der Waals surface area contributed by atoms with Gasteiger partial charge < -0.3 is 10.1 Å². The highest BCUT2D eigenvalue weighted by molar-refractivity contribution is 7.89. The molecule has 1 heterocycles. The van der Waals surface area contributed by atoms with Gasteiger partial charge in [0.25, 0.3) is 0 Å². The van der Waals surface area contributed by atoms with E-state index in [1.807, 2.05) is 38.1 Å². The van der Waals surface area contributed by atoms with Gasteiger partial charge in [-0.3, -0.25) is 9.69 Å². The van der Waals surface area contributed by atoms with Crippen molar-refractivity contribution in [2.45, 2.75) is 38.1 Å². The summed E-state index contributed by atoms with van der Waals surface area (Å²) in [5, 5.41) is 2.89. The second-order valence-electron chi connectivity index (χ2n) is 7.45. The maximum Gasteiger partial charge on any atom is 0.414 e. The van der Waals surface area contributed by atoms with Crippen LogP contribution >= 0.6 is 0 Å². The van der Waals surface area contributed by atoms with E-state index in [9.17, 15) is 18.0 Å². The van der Waals surface area contributed by atoms with Crippen LogP contribution in [0.1, 0.15) is 31.4 Å². The number of nitrogens with one attached hydrogen (secondary N) is 1. The first-order valence-electron chi connectivity index (χ1n) is 10.7. The van der Waals surface area contributed by atoms with Gasteiger partial charge in [-0.1, -0.05) is 38.1 Å². The number of anilines is 1. The average molecular weight is 460 g/mol. The van der Waals surface area contributed by atoms with Gasteiger partial charge in [-0.25, -0.2) is 13.2 Å². The fourth-order valence-electron chi connectivity index (χ4n) is 3.55. The first-order chi connectivity index (χ1) is 15.3. The third-order valence-corrected chi connectivity index (χ3v) is 7.44. The van der Waals surface area contributed by atoms with Crippen molar-refractivity contribution in [3.05, 3.63) is 59.7 Å². The number of carbonyl (C=O) groups is 2. The molecule has 0 radical (unpaired) electrons. The van der Waals surface area contributed by atoms with Crippen molar-refractivity contribution in [3.8, 4) is 0 Å². The van der Waals surface area contributed by atoms with Crippen LogP contribution in [0, 0.1) is 0 Å². The van der Waals surface area contributed by atoms with E-state index in [4.69, 9.17) is 4.74 Å². The topological polar surface area (TPSA) is 96.0 Å². The summed E-state index contributed by atoms with van der Waals surface area (Å²) in [5.41, 5.74) is 2.54. The highest BCUT2D eigenvalue weighted by Gasteiger charge is 2.23. The van der Waals surface area contributed by atoms with Crippen molar-refractivity contribution >= 4 is 27.7 Å². The van der Waals surface area contributed by atoms with Crippen LogP contribution in [0.3, 0.4) is 0 Å². The molecule has 3 rings (SSSR count). The van der Waals surface area contributed by atoms with E-state index in [2.05, 4.69) is 5.32 Å². The molecule has 0 spiro atoms. The maximum atomic E-state index is 12.6. The Labute approximate surface area is 189 Å². The molecule has 32 heavy (non-hydrogen) atoms. The van der Waals surface area contributed by atoms with Crippen molar-refractivity contribution in [1.82, 2.24) is 9.62 Å². The molecule has 1 aliphatic heterocycles. The van der Waals surface area contributed by atoms with Crippen molar-refractivity contribution in [1.29, 1.82) is 0 Å². The number of hydrogen-bond acceptors (Lipinski definition) is 5. The molecule has 9 heteroatoms. The van der Waals surface area contributed by atoms with E-state index in [1.54, 1.807) is 29.2 Å². The molecular weight excluding hydrogens is 430 g/mol. The molecule has 2 amide bonds. The Morgan fingerprint density at radius 3 is 2.44 bits per heavy atom. The van der Waals surface area contributed by atoms with Gasteiger partial charge in [-0.15, -0.1) is 0 Å². The van der Waals surface area contributed by atoms with E-state index < -0.39 is 10.0 Å². The molecule has 1 aliphatic rings. The predicted octanol–water partition coefficient (Wildman–Crippen LogP) is 2.92. The van der Waals surface area contributed by atoms with Gasteiger partial charge in [0.2, 0.25) is 15.9 Å². The molecule has 172 valence electrons. The van der Waals surface area contributed by atoms with Crippen LogP contribution in [0.5, 0.6) is 0 Å². The summed E-state index contributed by atoms with van der Waals surface area (Å²) < 4.78 is 31.5. The second-order valence-corrected chi connectivity index (χ2v) is 9.38. The van der Waals surface area contributed by atoms with Gasteiger partial charge in [0.05, 0.1) is 11.4 Å². The molecule has 0 aromatic heterocycles. The van der Waals surface area contributed by atoms with Crippen LogP contribution in [-0.4, -0.2) is 51.0 Å². The molecule has 0 aliphatic carbocycles. The summed E-state index contributed by atoms with van der Waals surface area (Å²) in [6.07, 6.45) is 0.444. The monoisotopic (exact) mass is 459 g/mol.